The van der Waals surface area contributed by atoms with E-state index in [1.165, 1.54) is 0 Å². The lowest BCUT2D eigenvalue weighted by atomic mass is 9.81. The van der Waals surface area contributed by atoms with Gasteiger partial charge in [0.25, 0.3) is 0 Å². The summed E-state index contributed by atoms with van der Waals surface area (Å²) in [5.41, 5.74) is 0. The summed E-state index contributed by atoms with van der Waals surface area (Å²) in [6, 6.07) is 0. The number of carboxylic acids is 1. The van der Waals surface area contributed by atoms with Gasteiger partial charge in [-0.1, -0.05) is 12.3 Å². The second-order valence-corrected chi connectivity index (χ2v) is 3.82. The molecule has 2 N–H and O–H groups in total. The Bertz CT molecular complexity index is 293. The summed E-state index contributed by atoms with van der Waals surface area (Å²) in [6.45, 7) is 0.215. The third-order valence-electron chi connectivity index (χ3n) is 2.76. The molecule has 1 amide bonds. The standard InChI is InChI=1S/C11H15NO3/c1-2-6-12-10(13)8-4-3-5-9(7-8)11(14)15/h1,8-9H,3-7H2,(H,12,13)(H,14,15). The van der Waals surface area contributed by atoms with Crippen LogP contribution >= 0.6 is 0 Å². The van der Waals surface area contributed by atoms with Crippen molar-refractivity contribution in [2.45, 2.75) is 25.7 Å². The molecule has 1 aliphatic carbocycles. The molecule has 0 aromatic carbocycles. The molecule has 0 aromatic rings. The molecule has 0 spiro atoms. The molecule has 0 radical (unpaired) electrons. The number of amides is 1. The zero-order chi connectivity index (χ0) is 11.3. The molecule has 0 aromatic heterocycles. The Labute approximate surface area is 89.0 Å². The minimum atomic E-state index is -0.801. The predicted octanol–water partition coefficient (Wildman–Crippen LogP) is 0.627. The van der Waals surface area contributed by atoms with Crippen molar-refractivity contribution in [3.05, 3.63) is 0 Å². The van der Waals surface area contributed by atoms with E-state index < -0.39 is 5.97 Å². The van der Waals surface area contributed by atoms with Crippen molar-refractivity contribution in [3.63, 3.8) is 0 Å². The van der Waals surface area contributed by atoms with Crippen LogP contribution in [0.4, 0.5) is 0 Å². The number of carbonyl (C=O) groups is 2. The maximum atomic E-state index is 11.5. The largest absolute Gasteiger partial charge is 0.481 e. The molecule has 1 rings (SSSR count). The van der Waals surface area contributed by atoms with Gasteiger partial charge in [-0.3, -0.25) is 9.59 Å². The topological polar surface area (TPSA) is 66.4 Å². The molecule has 1 aliphatic rings. The lowest BCUT2D eigenvalue weighted by Crippen LogP contribution is -2.35. The highest BCUT2D eigenvalue weighted by Crippen LogP contribution is 2.29. The average Bonchev–Trinajstić information content (AvgIpc) is 2.26. The molecule has 2 unspecified atom stereocenters. The van der Waals surface area contributed by atoms with Crippen LogP contribution in [-0.4, -0.2) is 23.5 Å². The van der Waals surface area contributed by atoms with Gasteiger partial charge in [-0.25, -0.2) is 0 Å². The van der Waals surface area contributed by atoms with Crippen molar-refractivity contribution in [2.75, 3.05) is 6.54 Å². The van der Waals surface area contributed by atoms with Crippen LogP contribution in [0.2, 0.25) is 0 Å². The van der Waals surface area contributed by atoms with Gasteiger partial charge in [0.1, 0.15) is 0 Å². The Kier molecular flexibility index (Phi) is 4.17. The number of carboxylic acid groups (broad SMARTS) is 1. The summed E-state index contributed by atoms with van der Waals surface area (Å²) in [5.74, 6) is 0.848. The van der Waals surface area contributed by atoms with Crippen LogP contribution in [0.3, 0.4) is 0 Å². The molecule has 0 aliphatic heterocycles. The number of hydrogen-bond acceptors (Lipinski definition) is 2. The fourth-order valence-electron chi connectivity index (χ4n) is 1.93. The van der Waals surface area contributed by atoms with Crippen LogP contribution in [0.5, 0.6) is 0 Å². The lowest BCUT2D eigenvalue weighted by Gasteiger charge is -2.25. The van der Waals surface area contributed by atoms with Crippen molar-refractivity contribution >= 4 is 11.9 Å². The zero-order valence-corrected chi connectivity index (χ0v) is 8.53. The molecule has 82 valence electrons. The molecule has 1 saturated carbocycles. The summed E-state index contributed by atoms with van der Waals surface area (Å²) in [4.78, 5) is 22.3. The van der Waals surface area contributed by atoms with Gasteiger partial charge in [0.2, 0.25) is 5.91 Å². The Morgan fingerprint density at radius 2 is 2.07 bits per heavy atom. The van der Waals surface area contributed by atoms with E-state index in [1.54, 1.807) is 0 Å². The van der Waals surface area contributed by atoms with Gasteiger partial charge in [-0.05, 0) is 19.3 Å². The van der Waals surface area contributed by atoms with E-state index in [9.17, 15) is 9.59 Å². The summed E-state index contributed by atoms with van der Waals surface area (Å²) < 4.78 is 0. The Morgan fingerprint density at radius 1 is 1.40 bits per heavy atom. The normalized spacial score (nSPS) is 25.3. The van der Waals surface area contributed by atoms with E-state index in [2.05, 4.69) is 11.2 Å². The van der Waals surface area contributed by atoms with E-state index in [-0.39, 0.29) is 24.3 Å². The molecule has 0 bridgehead atoms. The molecule has 1 fully saturated rings. The second-order valence-electron chi connectivity index (χ2n) is 3.82. The highest BCUT2D eigenvalue weighted by atomic mass is 16.4. The quantitative estimate of drug-likeness (QED) is 0.670. The van der Waals surface area contributed by atoms with Gasteiger partial charge in [0, 0.05) is 5.92 Å². The van der Waals surface area contributed by atoms with Gasteiger partial charge in [-0.15, -0.1) is 6.42 Å². The fourth-order valence-corrected chi connectivity index (χ4v) is 1.93. The first-order valence-electron chi connectivity index (χ1n) is 5.09. The summed E-state index contributed by atoms with van der Waals surface area (Å²) in [5, 5.41) is 11.4. The first-order chi connectivity index (χ1) is 7.15. The van der Waals surface area contributed by atoms with Crippen LogP contribution in [0.1, 0.15) is 25.7 Å². The summed E-state index contributed by atoms with van der Waals surface area (Å²) >= 11 is 0. The van der Waals surface area contributed by atoms with Crippen LogP contribution in [0.25, 0.3) is 0 Å². The van der Waals surface area contributed by atoms with Crippen molar-refractivity contribution < 1.29 is 14.7 Å². The third-order valence-corrected chi connectivity index (χ3v) is 2.76. The third kappa shape index (κ3) is 3.28. The first kappa shape index (κ1) is 11.6. The highest BCUT2D eigenvalue weighted by molar-refractivity contribution is 5.80. The smallest absolute Gasteiger partial charge is 0.306 e. The van der Waals surface area contributed by atoms with Crippen molar-refractivity contribution in [1.29, 1.82) is 0 Å². The van der Waals surface area contributed by atoms with Crippen LogP contribution < -0.4 is 5.32 Å². The van der Waals surface area contributed by atoms with Crippen molar-refractivity contribution in [1.82, 2.24) is 5.32 Å². The number of terminal acetylenes is 1. The Hall–Kier alpha value is -1.50. The van der Waals surface area contributed by atoms with Crippen LogP contribution in [0, 0.1) is 24.2 Å². The van der Waals surface area contributed by atoms with E-state index in [4.69, 9.17) is 11.5 Å². The Balaban J connectivity index is 2.45. The van der Waals surface area contributed by atoms with Crippen LogP contribution in [-0.2, 0) is 9.59 Å². The van der Waals surface area contributed by atoms with Crippen molar-refractivity contribution in [2.24, 2.45) is 11.8 Å². The first-order valence-corrected chi connectivity index (χ1v) is 5.09. The van der Waals surface area contributed by atoms with E-state index in [0.29, 0.717) is 12.8 Å². The Morgan fingerprint density at radius 3 is 2.67 bits per heavy atom. The molecular formula is C11H15NO3. The van der Waals surface area contributed by atoms with Gasteiger partial charge in [0.15, 0.2) is 0 Å². The van der Waals surface area contributed by atoms with Gasteiger partial charge in [0.05, 0.1) is 12.5 Å². The zero-order valence-electron chi connectivity index (χ0n) is 8.53. The van der Waals surface area contributed by atoms with Gasteiger partial charge >= 0.3 is 5.97 Å². The van der Waals surface area contributed by atoms with Crippen LogP contribution in [0.15, 0.2) is 0 Å². The predicted molar refractivity (Wildman–Crippen MR) is 54.9 cm³/mol. The number of nitrogens with one attached hydrogen (secondary N) is 1. The monoisotopic (exact) mass is 209 g/mol. The molecule has 4 nitrogen and oxygen atoms in total. The molecular weight excluding hydrogens is 194 g/mol. The molecule has 0 saturated heterocycles. The number of hydrogen-bond donors (Lipinski definition) is 2. The van der Waals surface area contributed by atoms with E-state index in [0.717, 1.165) is 12.8 Å². The van der Waals surface area contributed by atoms with Gasteiger partial charge in [-0.2, -0.15) is 0 Å². The lowest BCUT2D eigenvalue weighted by molar-refractivity contribution is -0.144. The molecule has 2 atom stereocenters. The number of aliphatic carboxylic acids is 1. The number of rotatable bonds is 3. The van der Waals surface area contributed by atoms with Crippen molar-refractivity contribution in [3.8, 4) is 12.3 Å². The second kappa shape index (κ2) is 5.40. The van der Waals surface area contributed by atoms with E-state index >= 15 is 0 Å². The molecule has 15 heavy (non-hydrogen) atoms. The minimum absolute atomic E-state index is 0.112. The highest BCUT2D eigenvalue weighted by Gasteiger charge is 2.30. The number of carbonyl (C=O) groups excluding carboxylic acids is 1. The molecule has 0 heterocycles. The minimum Gasteiger partial charge on any atom is -0.481 e. The van der Waals surface area contributed by atoms with E-state index in [1.807, 2.05) is 0 Å². The van der Waals surface area contributed by atoms with Gasteiger partial charge < -0.3 is 10.4 Å². The maximum Gasteiger partial charge on any atom is 0.306 e. The molecule has 4 heteroatoms. The summed E-state index contributed by atoms with van der Waals surface area (Å²) in [7, 11) is 0. The SMILES string of the molecule is C#CCNC(=O)C1CCCC(C(=O)O)C1. The maximum absolute atomic E-state index is 11.5. The average molecular weight is 209 g/mol. The summed E-state index contributed by atoms with van der Waals surface area (Å²) in [6.07, 6.45) is 7.69. The fraction of sp³-hybridized carbons (Fsp3) is 0.636.